The Morgan fingerprint density at radius 2 is 1.79 bits per heavy atom. The fourth-order valence-corrected chi connectivity index (χ4v) is 5.95. The molecule has 0 fully saturated rings. The normalized spacial score (nSPS) is 22.6. The number of amides is 1. The van der Waals surface area contributed by atoms with Gasteiger partial charge in [-0.25, -0.2) is 0 Å². The van der Waals surface area contributed by atoms with Crippen molar-refractivity contribution in [2.75, 3.05) is 11.9 Å². The van der Waals surface area contributed by atoms with E-state index in [9.17, 15) is 14.7 Å². The van der Waals surface area contributed by atoms with Crippen LogP contribution in [0.5, 0.6) is 5.75 Å². The molecule has 2 aliphatic heterocycles. The van der Waals surface area contributed by atoms with E-state index in [4.69, 9.17) is 0 Å². The lowest BCUT2D eigenvalue weighted by atomic mass is 9.80. The summed E-state index contributed by atoms with van der Waals surface area (Å²) >= 11 is 0. The highest BCUT2D eigenvalue weighted by Gasteiger charge is 2.43. The lowest BCUT2D eigenvalue weighted by Gasteiger charge is -2.42. The van der Waals surface area contributed by atoms with Gasteiger partial charge in [-0.1, -0.05) is 42.5 Å². The van der Waals surface area contributed by atoms with Gasteiger partial charge in [0, 0.05) is 18.5 Å². The van der Waals surface area contributed by atoms with Gasteiger partial charge in [0.15, 0.2) is 5.69 Å². The fourth-order valence-electron chi connectivity index (χ4n) is 5.95. The summed E-state index contributed by atoms with van der Waals surface area (Å²) in [6.07, 6.45) is 1.89. The van der Waals surface area contributed by atoms with Gasteiger partial charge in [0.1, 0.15) is 0 Å². The van der Waals surface area contributed by atoms with Crippen LogP contribution in [0.2, 0.25) is 0 Å². The maximum absolute atomic E-state index is 13.6. The van der Waals surface area contributed by atoms with Crippen LogP contribution in [0.3, 0.4) is 0 Å². The molecule has 3 aliphatic rings. The Labute approximate surface area is 198 Å². The molecule has 1 aromatic heterocycles. The van der Waals surface area contributed by atoms with Gasteiger partial charge in [0.2, 0.25) is 11.7 Å². The number of carbonyl (C=O) groups is 1. The molecule has 2 aromatic carbocycles. The van der Waals surface area contributed by atoms with Crippen LogP contribution in [0.1, 0.15) is 77.1 Å². The van der Waals surface area contributed by atoms with Crippen molar-refractivity contribution in [3.8, 4) is 5.75 Å². The molecule has 2 bridgehead atoms. The topological polar surface area (TPSA) is 87.5 Å². The Hall–Kier alpha value is -3.61. The first kappa shape index (κ1) is 21.0. The number of hydrogen-bond acceptors (Lipinski definition) is 5. The highest BCUT2D eigenvalue weighted by atomic mass is 16.3. The van der Waals surface area contributed by atoms with Crippen LogP contribution in [-0.4, -0.2) is 38.1 Å². The predicted molar refractivity (Wildman–Crippen MR) is 130 cm³/mol. The molecule has 7 heteroatoms. The minimum absolute atomic E-state index is 0.0259. The summed E-state index contributed by atoms with van der Waals surface area (Å²) in [5, 5.41) is 14.2. The standard InChI is InChI=1S/C27H28N4O3/c1-14(2)30-13-21-22-19-7-5-4-6-16(19)8-9-17-10-11-18(12-20(17)22)15(3)28-27-29-25(33)24(32)23(26(30)34)31(21)27/h4-7,10-12,14-15,21-22,32H,8-9,13H2,1-3H3,(H,28,29,33)/t15?,21-,22?/m1/s1. The van der Waals surface area contributed by atoms with E-state index in [0.29, 0.717) is 12.5 Å². The van der Waals surface area contributed by atoms with Crippen LogP contribution in [0, 0.1) is 0 Å². The van der Waals surface area contributed by atoms with Crippen molar-refractivity contribution in [2.24, 2.45) is 0 Å². The lowest BCUT2D eigenvalue weighted by molar-refractivity contribution is 0.0588. The zero-order valence-corrected chi connectivity index (χ0v) is 19.6. The van der Waals surface area contributed by atoms with Crippen molar-refractivity contribution < 1.29 is 9.90 Å². The number of benzene rings is 2. The molecule has 0 radical (unpaired) electrons. The lowest BCUT2D eigenvalue weighted by Crippen LogP contribution is -2.49. The first-order valence-electron chi connectivity index (χ1n) is 12.0. The second-order valence-corrected chi connectivity index (χ2v) is 9.93. The van der Waals surface area contributed by atoms with E-state index in [2.05, 4.69) is 52.8 Å². The number of rotatable bonds is 1. The van der Waals surface area contributed by atoms with Crippen LogP contribution >= 0.6 is 0 Å². The third kappa shape index (κ3) is 2.92. The molecule has 0 saturated carbocycles. The SMILES string of the molecule is CC1Nc2nc(=O)c(O)c3n2[C@H](CN(C(C)C)C3=O)C2c3ccccc3CCc3ccc1cc32. The molecule has 34 heavy (non-hydrogen) atoms. The molecule has 7 nitrogen and oxygen atoms in total. The molecule has 0 spiro atoms. The predicted octanol–water partition coefficient (Wildman–Crippen LogP) is 3.77. The molecule has 1 amide bonds. The summed E-state index contributed by atoms with van der Waals surface area (Å²) in [5.74, 6) is -0.646. The number of carbonyl (C=O) groups excluding carboxylic acids is 1. The number of nitrogens with one attached hydrogen (secondary N) is 1. The monoisotopic (exact) mass is 456 g/mol. The van der Waals surface area contributed by atoms with Gasteiger partial charge in [-0.2, -0.15) is 4.98 Å². The van der Waals surface area contributed by atoms with Crippen molar-refractivity contribution in [3.63, 3.8) is 0 Å². The molecule has 3 heterocycles. The van der Waals surface area contributed by atoms with E-state index in [1.165, 1.54) is 22.3 Å². The van der Waals surface area contributed by atoms with Crippen molar-refractivity contribution in [2.45, 2.75) is 57.7 Å². The Morgan fingerprint density at radius 1 is 1.06 bits per heavy atom. The van der Waals surface area contributed by atoms with Gasteiger partial charge in [-0.15, -0.1) is 0 Å². The van der Waals surface area contributed by atoms with Gasteiger partial charge in [0.05, 0.1) is 12.1 Å². The van der Waals surface area contributed by atoms with Crippen LogP contribution < -0.4 is 10.9 Å². The van der Waals surface area contributed by atoms with E-state index in [-0.39, 0.29) is 35.6 Å². The molecule has 3 atom stereocenters. The summed E-state index contributed by atoms with van der Waals surface area (Å²) < 4.78 is 1.81. The smallest absolute Gasteiger partial charge is 0.317 e. The Bertz CT molecular complexity index is 1390. The highest BCUT2D eigenvalue weighted by Crippen LogP contribution is 2.47. The van der Waals surface area contributed by atoms with Gasteiger partial charge in [-0.3, -0.25) is 14.2 Å². The zero-order chi connectivity index (χ0) is 23.7. The van der Waals surface area contributed by atoms with E-state index >= 15 is 0 Å². The molecule has 174 valence electrons. The van der Waals surface area contributed by atoms with Gasteiger partial charge in [0.25, 0.3) is 5.91 Å². The number of nitrogens with zero attached hydrogens (tertiary/aromatic N) is 3. The first-order valence-corrected chi connectivity index (χ1v) is 12.0. The Kier molecular flexibility index (Phi) is 4.59. The van der Waals surface area contributed by atoms with E-state index in [1.807, 2.05) is 20.8 Å². The number of aryl methyl sites for hydroxylation is 2. The minimum Gasteiger partial charge on any atom is -0.501 e. The highest BCUT2D eigenvalue weighted by molar-refractivity contribution is 5.96. The van der Waals surface area contributed by atoms with Crippen LogP contribution in [0.15, 0.2) is 47.3 Å². The summed E-state index contributed by atoms with van der Waals surface area (Å²) in [7, 11) is 0. The number of fused-ring (bicyclic) bond motifs is 4. The maximum atomic E-state index is 13.6. The third-order valence-electron chi connectivity index (χ3n) is 7.69. The summed E-state index contributed by atoms with van der Waals surface area (Å²) in [6, 6.07) is 14.7. The number of aromatic hydroxyl groups is 1. The molecule has 6 rings (SSSR count). The second kappa shape index (κ2) is 7.45. The Morgan fingerprint density at radius 3 is 2.56 bits per heavy atom. The summed E-state index contributed by atoms with van der Waals surface area (Å²) in [5.41, 5.74) is 5.41. The number of anilines is 1. The van der Waals surface area contributed by atoms with Crippen molar-refractivity contribution >= 4 is 11.9 Å². The van der Waals surface area contributed by atoms with Gasteiger partial charge < -0.3 is 15.3 Å². The number of hydrogen-bond donors (Lipinski definition) is 2. The van der Waals surface area contributed by atoms with Gasteiger partial charge in [-0.05, 0) is 61.4 Å². The molecular weight excluding hydrogens is 428 g/mol. The molecule has 2 unspecified atom stereocenters. The van der Waals surface area contributed by atoms with E-state index < -0.39 is 11.3 Å². The third-order valence-corrected chi connectivity index (χ3v) is 7.69. The van der Waals surface area contributed by atoms with E-state index in [1.54, 1.807) is 9.47 Å². The number of aromatic nitrogens is 2. The zero-order valence-electron chi connectivity index (χ0n) is 19.6. The largest absolute Gasteiger partial charge is 0.501 e. The summed E-state index contributed by atoms with van der Waals surface area (Å²) in [4.78, 5) is 32.2. The average molecular weight is 457 g/mol. The van der Waals surface area contributed by atoms with Crippen molar-refractivity contribution in [1.29, 1.82) is 0 Å². The summed E-state index contributed by atoms with van der Waals surface area (Å²) in [6.45, 7) is 6.42. The van der Waals surface area contributed by atoms with Crippen LogP contribution in [0.4, 0.5) is 5.95 Å². The second-order valence-electron chi connectivity index (χ2n) is 9.93. The molecular formula is C27H28N4O3. The quantitative estimate of drug-likeness (QED) is 0.582. The van der Waals surface area contributed by atoms with Crippen molar-refractivity contribution in [1.82, 2.24) is 14.5 Å². The van der Waals surface area contributed by atoms with E-state index in [0.717, 1.165) is 18.4 Å². The fraction of sp³-hybridized carbons (Fsp3) is 0.370. The van der Waals surface area contributed by atoms with Gasteiger partial charge >= 0.3 is 5.56 Å². The molecule has 1 aliphatic carbocycles. The average Bonchev–Trinajstić information content (AvgIpc) is 2.96. The molecule has 0 saturated heterocycles. The van der Waals surface area contributed by atoms with Crippen LogP contribution in [0.25, 0.3) is 0 Å². The maximum Gasteiger partial charge on any atom is 0.317 e. The minimum atomic E-state index is -0.786. The van der Waals surface area contributed by atoms with Crippen molar-refractivity contribution in [3.05, 3.63) is 86.3 Å². The first-order chi connectivity index (χ1) is 16.3. The van der Waals surface area contributed by atoms with Crippen LogP contribution in [-0.2, 0) is 12.8 Å². The molecule has 2 N–H and O–H groups in total. The Balaban J connectivity index is 1.73. The molecule has 3 aromatic rings.